The zero-order chi connectivity index (χ0) is 11.8. The smallest absolute Gasteiger partial charge is 0.0594 e. The van der Waals surface area contributed by atoms with E-state index < -0.39 is 0 Å². The van der Waals surface area contributed by atoms with Gasteiger partial charge in [-0.2, -0.15) is 0 Å². The predicted molar refractivity (Wildman–Crippen MR) is 68.8 cm³/mol. The van der Waals surface area contributed by atoms with Gasteiger partial charge < -0.3 is 10.1 Å². The van der Waals surface area contributed by atoms with E-state index in [-0.39, 0.29) is 0 Å². The second-order valence-corrected chi connectivity index (χ2v) is 4.77. The predicted octanol–water partition coefficient (Wildman–Crippen LogP) is 1.73. The summed E-state index contributed by atoms with van der Waals surface area (Å²) in [6.45, 7) is 13.2. The third-order valence-corrected chi connectivity index (χ3v) is 3.75. The van der Waals surface area contributed by atoms with Crippen LogP contribution < -0.4 is 5.32 Å². The summed E-state index contributed by atoms with van der Waals surface area (Å²) in [5.41, 5.74) is 0. The number of nitrogens with zero attached hydrogens (tertiary/aromatic N) is 1. The van der Waals surface area contributed by atoms with Gasteiger partial charge in [-0.1, -0.05) is 26.7 Å². The Morgan fingerprint density at radius 3 is 2.38 bits per heavy atom. The van der Waals surface area contributed by atoms with E-state index in [9.17, 15) is 0 Å². The molecule has 0 bridgehead atoms. The molecule has 3 heteroatoms. The molecular weight excluding hydrogens is 200 g/mol. The Morgan fingerprint density at radius 1 is 1.19 bits per heavy atom. The summed E-state index contributed by atoms with van der Waals surface area (Å²) in [5.74, 6) is 0.824. The minimum Gasteiger partial charge on any atom is -0.379 e. The van der Waals surface area contributed by atoms with E-state index in [1.54, 1.807) is 0 Å². The van der Waals surface area contributed by atoms with Gasteiger partial charge in [0.15, 0.2) is 0 Å². The first-order chi connectivity index (χ1) is 7.77. The largest absolute Gasteiger partial charge is 0.379 e. The molecule has 1 aliphatic heterocycles. The van der Waals surface area contributed by atoms with Gasteiger partial charge in [0.05, 0.1) is 13.2 Å². The van der Waals surface area contributed by atoms with Gasteiger partial charge in [0, 0.05) is 32.2 Å². The molecule has 0 aromatic carbocycles. The summed E-state index contributed by atoms with van der Waals surface area (Å²) in [6, 6.07) is 0.649. The van der Waals surface area contributed by atoms with Crippen LogP contribution in [0.2, 0.25) is 0 Å². The summed E-state index contributed by atoms with van der Waals surface area (Å²) in [4.78, 5) is 2.48. The van der Waals surface area contributed by atoms with Gasteiger partial charge in [0.1, 0.15) is 0 Å². The number of nitrogens with one attached hydrogen (secondary N) is 1. The molecule has 1 saturated heterocycles. The van der Waals surface area contributed by atoms with Gasteiger partial charge >= 0.3 is 0 Å². The maximum Gasteiger partial charge on any atom is 0.0594 e. The molecular formula is C13H28N2O. The van der Waals surface area contributed by atoms with Crippen LogP contribution in [0.5, 0.6) is 0 Å². The fourth-order valence-corrected chi connectivity index (χ4v) is 2.44. The minimum atomic E-state index is 0.649. The quantitative estimate of drug-likeness (QED) is 0.718. The molecule has 0 aliphatic carbocycles. The van der Waals surface area contributed by atoms with E-state index in [0.717, 1.165) is 45.3 Å². The molecule has 0 spiro atoms. The Hall–Kier alpha value is -0.120. The summed E-state index contributed by atoms with van der Waals surface area (Å²) in [7, 11) is 0. The van der Waals surface area contributed by atoms with Crippen molar-refractivity contribution >= 4 is 0 Å². The fourth-order valence-electron chi connectivity index (χ4n) is 2.44. The fraction of sp³-hybridized carbons (Fsp3) is 1.00. The van der Waals surface area contributed by atoms with E-state index in [4.69, 9.17) is 4.74 Å². The second kappa shape index (κ2) is 8.04. The van der Waals surface area contributed by atoms with Crippen molar-refractivity contribution in [2.45, 2.75) is 39.7 Å². The average Bonchev–Trinajstić information content (AvgIpc) is 2.32. The normalized spacial score (nSPS) is 20.2. The number of hydrogen-bond donors (Lipinski definition) is 1. The van der Waals surface area contributed by atoms with Crippen LogP contribution in [-0.2, 0) is 4.74 Å². The van der Waals surface area contributed by atoms with Crippen molar-refractivity contribution in [3.8, 4) is 0 Å². The molecule has 3 nitrogen and oxygen atoms in total. The molecule has 96 valence electrons. The molecule has 0 radical (unpaired) electrons. The van der Waals surface area contributed by atoms with E-state index in [2.05, 4.69) is 31.0 Å². The van der Waals surface area contributed by atoms with E-state index in [0.29, 0.717) is 6.04 Å². The van der Waals surface area contributed by atoms with Crippen LogP contribution in [0.15, 0.2) is 0 Å². The van der Waals surface area contributed by atoms with Crippen molar-refractivity contribution in [2.24, 2.45) is 5.92 Å². The molecule has 0 amide bonds. The summed E-state index contributed by atoms with van der Waals surface area (Å²) < 4.78 is 5.34. The van der Waals surface area contributed by atoms with Gasteiger partial charge in [-0.05, 0) is 12.8 Å². The van der Waals surface area contributed by atoms with Gasteiger partial charge in [0.2, 0.25) is 0 Å². The number of rotatable bonds is 7. The summed E-state index contributed by atoms with van der Waals surface area (Å²) in [6.07, 6.45) is 2.56. The monoisotopic (exact) mass is 228 g/mol. The van der Waals surface area contributed by atoms with Gasteiger partial charge in [-0.15, -0.1) is 0 Å². The van der Waals surface area contributed by atoms with Crippen molar-refractivity contribution in [3.63, 3.8) is 0 Å². The molecule has 1 fully saturated rings. The maximum atomic E-state index is 5.34. The first-order valence-electron chi connectivity index (χ1n) is 6.81. The molecule has 1 N–H and O–H groups in total. The molecule has 1 atom stereocenters. The van der Waals surface area contributed by atoms with Crippen LogP contribution in [0.4, 0.5) is 0 Å². The van der Waals surface area contributed by atoms with Crippen LogP contribution in [0, 0.1) is 5.92 Å². The molecule has 1 aliphatic rings. The van der Waals surface area contributed by atoms with Crippen LogP contribution >= 0.6 is 0 Å². The number of hydrogen-bond acceptors (Lipinski definition) is 3. The van der Waals surface area contributed by atoms with Gasteiger partial charge in [0.25, 0.3) is 0 Å². The van der Waals surface area contributed by atoms with Crippen molar-refractivity contribution in [1.29, 1.82) is 0 Å². The first-order valence-corrected chi connectivity index (χ1v) is 6.81. The molecule has 1 unspecified atom stereocenters. The average molecular weight is 228 g/mol. The Bertz CT molecular complexity index is 165. The van der Waals surface area contributed by atoms with E-state index in [1.165, 1.54) is 12.8 Å². The zero-order valence-electron chi connectivity index (χ0n) is 11.2. The highest BCUT2D eigenvalue weighted by Crippen LogP contribution is 2.12. The van der Waals surface area contributed by atoms with Gasteiger partial charge in [-0.25, -0.2) is 0 Å². The standard InChI is InChI=1S/C13H28N2O/c1-4-13(5-2)12(3)14-6-7-15-8-10-16-11-9-15/h12-14H,4-11H2,1-3H3. The summed E-state index contributed by atoms with van der Waals surface area (Å²) >= 11 is 0. The highest BCUT2D eigenvalue weighted by molar-refractivity contribution is 4.71. The van der Waals surface area contributed by atoms with E-state index in [1.807, 2.05) is 0 Å². The molecule has 1 rings (SSSR count). The Morgan fingerprint density at radius 2 is 1.81 bits per heavy atom. The Balaban J connectivity index is 2.09. The number of ether oxygens (including phenoxy) is 1. The van der Waals surface area contributed by atoms with Gasteiger partial charge in [-0.3, -0.25) is 4.90 Å². The lowest BCUT2D eigenvalue weighted by Crippen LogP contribution is -2.43. The lowest BCUT2D eigenvalue weighted by atomic mass is 9.95. The Kier molecular flexibility index (Phi) is 7.01. The van der Waals surface area contributed by atoms with Crippen molar-refractivity contribution in [3.05, 3.63) is 0 Å². The third-order valence-electron chi connectivity index (χ3n) is 3.75. The molecule has 0 saturated carbocycles. The van der Waals surface area contributed by atoms with Crippen LogP contribution in [0.3, 0.4) is 0 Å². The lowest BCUT2D eigenvalue weighted by molar-refractivity contribution is 0.0379. The Labute approximate surface area is 101 Å². The maximum absolute atomic E-state index is 5.34. The topological polar surface area (TPSA) is 24.5 Å². The van der Waals surface area contributed by atoms with Crippen LogP contribution in [-0.4, -0.2) is 50.3 Å². The zero-order valence-corrected chi connectivity index (χ0v) is 11.2. The van der Waals surface area contributed by atoms with Crippen LogP contribution in [0.1, 0.15) is 33.6 Å². The minimum absolute atomic E-state index is 0.649. The van der Waals surface area contributed by atoms with Crippen molar-refractivity contribution in [1.82, 2.24) is 10.2 Å². The second-order valence-electron chi connectivity index (χ2n) is 4.77. The highest BCUT2D eigenvalue weighted by atomic mass is 16.5. The molecule has 16 heavy (non-hydrogen) atoms. The highest BCUT2D eigenvalue weighted by Gasteiger charge is 2.14. The van der Waals surface area contributed by atoms with Crippen molar-refractivity contribution < 1.29 is 4.74 Å². The summed E-state index contributed by atoms with van der Waals surface area (Å²) in [5, 5.41) is 3.65. The van der Waals surface area contributed by atoms with E-state index >= 15 is 0 Å². The number of morpholine rings is 1. The molecule has 1 heterocycles. The first kappa shape index (κ1) is 13.9. The molecule has 0 aromatic rings. The third kappa shape index (κ3) is 4.81. The molecule has 0 aromatic heterocycles. The van der Waals surface area contributed by atoms with Crippen LogP contribution in [0.25, 0.3) is 0 Å². The lowest BCUT2D eigenvalue weighted by Gasteiger charge is -2.28. The SMILES string of the molecule is CCC(CC)C(C)NCCN1CCOCC1. The van der Waals surface area contributed by atoms with Crippen molar-refractivity contribution in [2.75, 3.05) is 39.4 Å².